The summed E-state index contributed by atoms with van der Waals surface area (Å²) in [5.41, 5.74) is 6.39. The van der Waals surface area contributed by atoms with Gasteiger partial charge in [0.25, 0.3) is 0 Å². The summed E-state index contributed by atoms with van der Waals surface area (Å²) in [6.07, 6.45) is 18.4. The van der Waals surface area contributed by atoms with Crippen molar-refractivity contribution in [3.8, 4) is 0 Å². The minimum Gasteiger partial charge on any atom is -0.389 e. The van der Waals surface area contributed by atoms with E-state index in [-0.39, 0.29) is 11.7 Å². The molecular formula is C27H42O2. The molecule has 0 radical (unpaired) electrons. The van der Waals surface area contributed by atoms with Crippen LogP contribution in [-0.2, 0) is 4.79 Å². The van der Waals surface area contributed by atoms with E-state index in [2.05, 4.69) is 58.9 Å². The smallest absolute Gasteiger partial charge is 0.158 e. The van der Waals surface area contributed by atoms with Crippen molar-refractivity contribution in [2.45, 2.75) is 99.0 Å². The van der Waals surface area contributed by atoms with Crippen molar-refractivity contribution < 1.29 is 9.90 Å². The molecule has 0 aromatic heterocycles. The summed E-state index contributed by atoms with van der Waals surface area (Å²) in [5.74, 6) is 0.205. The van der Waals surface area contributed by atoms with Gasteiger partial charge in [-0.15, -0.1) is 0 Å². The topological polar surface area (TPSA) is 37.3 Å². The quantitative estimate of drug-likeness (QED) is 0.368. The molecule has 2 nitrogen and oxygen atoms in total. The van der Waals surface area contributed by atoms with Crippen molar-refractivity contribution >= 4 is 5.78 Å². The number of rotatable bonds is 11. The summed E-state index contributed by atoms with van der Waals surface area (Å²) < 4.78 is 0. The molecule has 0 saturated heterocycles. The molecule has 0 heterocycles. The molecule has 2 atom stereocenters. The number of carbonyl (C=O) groups excluding carboxylic acids is 1. The van der Waals surface area contributed by atoms with Crippen LogP contribution in [0.3, 0.4) is 0 Å². The molecule has 0 aliphatic heterocycles. The van der Waals surface area contributed by atoms with Crippen LogP contribution in [0.15, 0.2) is 58.2 Å². The predicted octanol–water partition coefficient (Wildman–Crippen LogP) is 7.42. The van der Waals surface area contributed by atoms with Crippen molar-refractivity contribution in [3.63, 3.8) is 0 Å². The van der Waals surface area contributed by atoms with Gasteiger partial charge in [-0.3, -0.25) is 4.79 Å². The van der Waals surface area contributed by atoms with Crippen molar-refractivity contribution in [1.29, 1.82) is 0 Å². The molecule has 0 unspecified atom stereocenters. The normalized spacial score (nSPS) is 21.3. The molecule has 0 aromatic rings. The lowest BCUT2D eigenvalue weighted by Gasteiger charge is -2.24. The Morgan fingerprint density at radius 3 is 1.90 bits per heavy atom. The zero-order valence-electron chi connectivity index (χ0n) is 19.6. The molecular weight excluding hydrogens is 356 g/mol. The minimum absolute atomic E-state index is 0.0326. The van der Waals surface area contributed by atoms with Crippen molar-refractivity contribution in [2.24, 2.45) is 5.92 Å². The number of ketones is 1. The zero-order chi connectivity index (χ0) is 21.8. The maximum atomic E-state index is 11.8. The molecule has 0 bridgehead atoms. The summed E-state index contributed by atoms with van der Waals surface area (Å²) in [6.45, 7) is 12.7. The van der Waals surface area contributed by atoms with E-state index in [1.54, 1.807) is 13.0 Å². The molecule has 1 N–H and O–H groups in total. The first-order valence-corrected chi connectivity index (χ1v) is 11.2. The number of aliphatic hydroxyl groups excluding tert-OH is 1. The maximum absolute atomic E-state index is 11.8. The number of hydrogen-bond acceptors (Lipinski definition) is 2. The Morgan fingerprint density at radius 2 is 1.38 bits per heavy atom. The van der Waals surface area contributed by atoms with Gasteiger partial charge in [-0.1, -0.05) is 46.6 Å². The first kappa shape index (κ1) is 25.4. The zero-order valence-corrected chi connectivity index (χ0v) is 19.6. The van der Waals surface area contributed by atoms with Crippen molar-refractivity contribution in [2.75, 3.05) is 0 Å². The average Bonchev–Trinajstić information content (AvgIpc) is 2.63. The largest absolute Gasteiger partial charge is 0.389 e. The molecule has 1 aliphatic carbocycles. The van der Waals surface area contributed by atoms with E-state index in [1.807, 2.05) is 0 Å². The average molecular weight is 399 g/mol. The van der Waals surface area contributed by atoms with E-state index in [9.17, 15) is 9.90 Å². The van der Waals surface area contributed by atoms with Crippen LogP contribution in [0.25, 0.3) is 0 Å². The van der Waals surface area contributed by atoms with E-state index in [1.165, 1.54) is 22.3 Å². The molecule has 162 valence electrons. The van der Waals surface area contributed by atoms with Crippen molar-refractivity contribution in [1.82, 2.24) is 0 Å². The van der Waals surface area contributed by atoms with E-state index in [0.29, 0.717) is 12.0 Å². The van der Waals surface area contributed by atoms with Crippen molar-refractivity contribution in [3.05, 3.63) is 58.2 Å². The Kier molecular flexibility index (Phi) is 11.8. The van der Waals surface area contributed by atoms with Gasteiger partial charge >= 0.3 is 0 Å². The molecule has 0 spiro atoms. The van der Waals surface area contributed by atoms with Gasteiger partial charge in [0.05, 0.1) is 6.10 Å². The monoisotopic (exact) mass is 398 g/mol. The molecule has 2 heteroatoms. The Labute approximate surface area is 179 Å². The lowest BCUT2D eigenvalue weighted by molar-refractivity contribution is -0.117. The Bertz CT molecular complexity index is 681. The van der Waals surface area contributed by atoms with Crippen LogP contribution >= 0.6 is 0 Å². The predicted molar refractivity (Wildman–Crippen MR) is 126 cm³/mol. The molecule has 1 rings (SSSR count). The lowest BCUT2D eigenvalue weighted by atomic mass is 9.84. The van der Waals surface area contributed by atoms with Crippen LogP contribution in [0.1, 0.15) is 92.9 Å². The number of aliphatic hydroxyl groups is 1. The van der Waals surface area contributed by atoms with Crippen LogP contribution in [0.2, 0.25) is 0 Å². The highest BCUT2D eigenvalue weighted by Gasteiger charge is 2.25. The Morgan fingerprint density at radius 1 is 0.897 bits per heavy atom. The van der Waals surface area contributed by atoms with E-state index < -0.39 is 6.10 Å². The Balaban J connectivity index is 2.32. The third-order valence-corrected chi connectivity index (χ3v) is 5.71. The van der Waals surface area contributed by atoms with Crippen LogP contribution in [0.4, 0.5) is 0 Å². The number of hydrogen-bond donors (Lipinski definition) is 1. The van der Waals surface area contributed by atoms with Gasteiger partial charge in [-0.25, -0.2) is 0 Å². The fourth-order valence-electron chi connectivity index (χ4n) is 3.57. The summed E-state index contributed by atoms with van der Waals surface area (Å²) in [7, 11) is 0. The fourth-order valence-corrected chi connectivity index (χ4v) is 3.57. The van der Waals surface area contributed by atoms with Crippen LogP contribution in [0, 0.1) is 5.92 Å². The highest BCUT2D eigenvalue weighted by Crippen LogP contribution is 2.25. The van der Waals surface area contributed by atoms with E-state index in [0.717, 1.165) is 44.9 Å². The fraction of sp³-hybridized carbons (Fsp3) is 0.593. The summed E-state index contributed by atoms with van der Waals surface area (Å²) >= 11 is 0. The highest BCUT2D eigenvalue weighted by atomic mass is 16.3. The van der Waals surface area contributed by atoms with E-state index >= 15 is 0 Å². The van der Waals surface area contributed by atoms with Gasteiger partial charge in [-0.2, -0.15) is 0 Å². The maximum Gasteiger partial charge on any atom is 0.158 e. The second-order valence-electron chi connectivity index (χ2n) is 9.01. The van der Waals surface area contributed by atoms with Crippen LogP contribution in [0.5, 0.6) is 0 Å². The second-order valence-corrected chi connectivity index (χ2v) is 9.01. The standard InChI is InChI=1S/C27H42O2/c1-20(2)10-7-11-21(3)12-8-13-22(4)14-9-15-23(5)16-17-25-19-26(28)24(6)18-27(25)29/h10,12,14,16,18,25,27,29H,7-9,11,13,15,17,19H2,1-6H3/b21-12+,22-14+,23-16+/t25-,27+/m0/s1. The van der Waals surface area contributed by atoms with Gasteiger partial charge in [0.2, 0.25) is 0 Å². The number of Topliss-reactive ketones (excluding diaryl/α,β-unsaturated/α-hetero) is 1. The van der Waals surface area contributed by atoms with Crippen LogP contribution < -0.4 is 0 Å². The molecule has 0 aromatic carbocycles. The third-order valence-electron chi connectivity index (χ3n) is 5.71. The van der Waals surface area contributed by atoms with Gasteiger partial charge in [-0.05, 0) is 104 Å². The molecule has 1 aliphatic rings. The Hall–Kier alpha value is -1.67. The molecule has 0 amide bonds. The first-order chi connectivity index (χ1) is 13.7. The number of carbonyl (C=O) groups is 1. The lowest BCUT2D eigenvalue weighted by Crippen LogP contribution is -2.26. The minimum atomic E-state index is -0.489. The molecule has 29 heavy (non-hydrogen) atoms. The van der Waals surface area contributed by atoms with Crippen LogP contribution in [-0.4, -0.2) is 17.0 Å². The van der Waals surface area contributed by atoms with Gasteiger partial charge in [0.1, 0.15) is 0 Å². The van der Waals surface area contributed by atoms with Gasteiger partial charge in [0.15, 0.2) is 5.78 Å². The molecule has 0 saturated carbocycles. The van der Waals surface area contributed by atoms with Gasteiger partial charge in [0, 0.05) is 6.42 Å². The third kappa shape index (κ3) is 11.2. The first-order valence-electron chi connectivity index (χ1n) is 11.2. The molecule has 0 fully saturated rings. The summed E-state index contributed by atoms with van der Waals surface area (Å²) in [5, 5.41) is 10.1. The second kappa shape index (κ2) is 13.5. The number of allylic oxidation sites excluding steroid dienone is 9. The van der Waals surface area contributed by atoms with Gasteiger partial charge < -0.3 is 5.11 Å². The van der Waals surface area contributed by atoms with E-state index in [4.69, 9.17) is 0 Å². The summed E-state index contributed by atoms with van der Waals surface area (Å²) in [6, 6.07) is 0. The SMILES string of the molecule is CC(C)=CCC/C(C)=C/CC/C(C)=C/CC/C(C)=C/C[C@H]1CC(=O)C(C)=C[C@H]1O. The summed E-state index contributed by atoms with van der Waals surface area (Å²) in [4.78, 5) is 11.8. The highest BCUT2D eigenvalue weighted by molar-refractivity contribution is 5.95.